The molecule has 0 radical (unpaired) electrons. The summed E-state index contributed by atoms with van der Waals surface area (Å²) >= 11 is 0. The van der Waals surface area contributed by atoms with Crippen molar-refractivity contribution in [1.82, 2.24) is 10.6 Å². The number of hydrogen-bond donors (Lipinski definition) is 2. The number of ether oxygens (including phenoxy) is 2. The summed E-state index contributed by atoms with van der Waals surface area (Å²) in [6, 6.07) is 0. The maximum Gasteiger partial charge on any atom is 0.221 e. The lowest BCUT2D eigenvalue weighted by molar-refractivity contribution is -0.121. The second-order valence-corrected chi connectivity index (χ2v) is 3.34. The van der Waals surface area contributed by atoms with E-state index in [-0.39, 0.29) is 12.0 Å². The highest BCUT2D eigenvalue weighted by Gasteiger charge is 2.01. The van der Waals surface area contributed by atoms with Gasteiger partial charge in [0.2, 0.25) is 5.91 Å². The highest BCUT2D eigenvalue weighted by molar-refractivity contribution is 5.75. The van der Waals surface area contributed by atoms with Gasteiger partial charge in [-0.15, -0.1) is 0 Å². The van der Waals surface area contributed by atoms with Gasteiger partial charge in [0.05, 0.1) is 12.7 Å². The van der Waals surface area contributed by atoms with Crippen LogP contribution in [0.5, 0.6) is 0 Å². The maximum atomic E-state index is 11.2. The Balaban J connectivity index is 3.23. The standard InChI is InChI=1S/C10H22N2O3/c1-9(15-3)8-11-5-4-10(13)12-6-7-14-2/h9,11H,4-8H2,1-3H3,(H,12,13). The Bertz CT molecular complexity index is 165. The zero-order chi connectivity index (χ0) is 11.5. The van der Waals surface area contributed by atoms with Crippen LogP contribution in [0.4, 0.5) is 0 Å². The normalized spacial score (nSPS) is 12.5. The Hall–Kier alpha value is -0.650. The molecule has 1 atom stereocenters. The Morgan fingerprint density at radius 2 is 2.07 bits per heavy atom. The number of nitrogens with one attached hydrogen (secondary N) is 2. The molecule has 0 aliphatic heterocycles. The molecule has 0 aliphatic rings. The van der Waals surface area contributed by atoms with E-state index in [2.05, 4.69) is 10.6 Å². The average molecular weight is 218 g/mol. The fourth-order valence-electron chi connectivity index (χ4n) is 0.971. The lowest BCUT2D eigenvalue weighted by atomic mass is 10.3. The minimum absolute atomic E-state index is 0.0459. The van der Waals surface area contributed by atoms with Gasteiger partial charge < -0.3 is 20.1 Å². The molecule has 0 bridgehead atoms. The van der Waals surface area contributed by atoms with Gasteiger partial charge in [0.1, 0.15) is 0 Å². The molecular weight excluding hydrogens is 196 g/mol. The Kier molecular flexibility index (Phi) is 9.46. The van der Waals surface area contributed by atoms with Gasteiger partial charge in [-0.25, -0.2) is 0 Å². The molecule has 0 heterocycles. The average Bonchev–Trinajstić information content (AvgIpc) is 2.24. The van der Waals surface area contributed by atoms with Gasteiger partial charge in [-0.3, -0.25) is 4.79 Å². The first-order chi connectivity index (χ1) is 7.20. The largest absolute Gasteiger partial charge is 0.383 e. The highest BCUT2D eigenvalue weighted by Crippen LogP contribution is 1.84. The summed E-state index contributed by atoms with van der Waals surface area (Å²) in [5, 5.41) is 5.89. The molecule has 0 fully saturated rings. The topological polar surface area (TPSA) is 59.6 Å². The van der Waals surface area contributed by atoms with Crippen molar-refractivity contribution >= 4 is 5.91 Å². The van der Waals surface area contributed by atoms with Gasteiger partial charge >= 0.3 is 0 Å². The summed E-state index contributed by atoms with van der Waals surface area (Å²) in [6.07, 6.45) is 0.668. The fourth-order valence-corrected chi connectivity index (χ4v) is 0.971. The van der Waals surface area contributed by atoms with Gasteiger partial charge in [0, 0.05) is 40.3 Å². The maximum absolute atomic E-state index is 11.2. The van der Waals surface area contributed by atoms with E-state index in [1.807, 2.05) is 6.92 Å². The molecule has 0 saturated carbocycles. The predicted octanol–water partition coefficient (Wildman–Crippen LogP) is -0.236. The molecule has 1 amide bonds. The zero-order valence-corrected chi connectivity index (χ0v) is 9.84. The quantitative estimate of drug-likeness (QED) is 0.525. The fraction of sp³-hybridized carbons (Fsp3) is 0.900. The molecule has 2 N–H and O–H groups in total. The molecular formula is C10H22N2O3. The Morgan fingerprint density at radius 3 is 2.67 bits per heavy atom. The van der Waals surface area contributed by atoms with E-state index in [0.717, 1.165) is 6.54 Å². The molecule has 0 aromatic rings. The first-order valence-corrected chi connectivity index (χ1v) is 5.19. The predicted molar refractivity (Wildman–Crippen MR) is 58.8 cm³/mol. The van der Waals surface area contributed by atoms with Crippen LogP contribution < -0.4 is 10.6 Å². The number of carbonyl (C=O) groups is 1. The van der Waals surface area contributed by atoms with Crippen LogP contribution in [-0.4, -0.2) is 52.5 Å². The van der Waals surface area contributed by atoms with E-state index in [1.165, 1.54) is 0 Å². The monoisotopic (exact) mass is 218 g/mol. The van der Waals surface area contributed by atoms with Gasteiger partial charge in [-0.05, 0) is 6.92 Å². The number of methoxy groups -OCH3 is 2. The lowest BCUT2D eigenvalue weighted by Crippen LogP contribution is -2.32. The summed E-state index contributed by atoms with van der Waals surface area (Å²) in [4.78, 5) is 11.2. The molecule has 0 rings (SSSR count). The lowest BCUT2D eigenvalue weighted by Gasteiger charge is -2.10. The van der Waals surface area contributed by atoms with Crippen LogP contribution in [0.3, 0.4) is 0 Å². The summed E-state index contributed by atoms with van der Waals surface area (Å²) < 4.78 is 9.87. The second-order valence-electron chi connectivity index (χ2n) is 3.34. The smallest absolute Gasteiger partial charge is 0.221 e. The number of hydrogen-bond acceptors (Lipinski definition) is 4. The Labute approximate surface area is 91.5 Å². The van der Waals surface area contributed by atoms with Crippen molar-refractivity contribution in [2.45, 2.75) is 19.4 Å². The SMILES string of the molecule is COCCNC(=O)CCNCC(C)OC. The van der Waals surface area contributed by atoms with E-state index in [1.54, 1.807) is 14.2 Å². The van der Waals surface area contributed by atoms with Crippen LogP contribution in [-0.2, 0) is 14.3 Å². The van der Waals surface area contributed by atoms with Gasteiger partial charge in [-0.2, -0.15) is 0 Å². The first-order valence-electron chi connectivity index (χ1n) is 5.19. The van der Waals surface area contributed by atoms with E-state index in [9.17, 15) is 4.79 Å². The Morgan fingerprint density at radius 1 is 1.33 bits per heavy atom. The molecule has 0 aromatic carbocycles. The minimum atomic E-state index is 0.0459. The minimum Gasteiger partial charge on any atom is -0.383 e. The molecule has 0 saturated heterocycles. The third-order valence-electron chi connectivity index (χ3n) is 1.99. The van der Waals surface area contributed by atoms with Crippen LogP contribution in [0.2, 0.25) is 0 Å². The zero-order valence-electron chi connectivity index (χ0n) is 9.84. The van der Waals surface area contributed by atoms with Crippen LogP contribution in [0.15, 0.2) is 0 Å². The van der Waals surface area contributed by atoms with Crippen molar-refractivity contribution < 1.29 is 14.3 Å². The molecule has 1 unspecified atom stereocenters. The van der Waals surface area contributed by atoms with Crippen LogP contribution in [0.1, 0.15) is 13.3 Å². The molecule has 5 heteroatoms. The van der Waals surface area contributed by atoms with E-state index < -0.39 is 0 Å². The van der Waals surface area contributed by atoms with E-state index in [0.29, 0.717) is 26.1 Å². The third-order valence-corrected chi connectivity index (χ3v) is 1.99. The molecule has 0 aromatic heterocycles. The summed E-state index contributed by atoms with van der Waals surface area (Å²) in [6.45, 7) is 4.55. The van der Waals surface area contributed by atoms with Crippen LogP contribution >= 0.6 is 0 Å². The summed E-state index contributed by atoms with van der Waals surface area (Å²) in [7, 11) is 3.28. The molecule has 15 heavy (non-hydrogen) atoms. The van der Waals surface area contributed by atoms with Crippen molar-refractivity contribution in [3.05, 3.63) is 0 Å². The van der Waals surface area contributed by atoms with Crippen molar-refractivity contribution in [2.24, 2.45) is 0 Å². The van der Waals surface area contributed by atoms with Crippen molar-refractivity contribution in [2.75, 3.05) is 40.5 Å². The second kappa shape index (κ2) is 9.89. The summed E-state index contributed by atoms with van der Waals surface area (Å²) in [5.74, 6) is 0.0459. The van der Waals surface area contributed by atoms with Gasteiger partial charge in [-0.1, -0.05) is 0 Å². The number of amides is 1. The number of rotatable bonds is 9. The first kappa shape index (κ1) is 14.3. The molecule has 0 aliphatic carbocycles. The summed E-state index contributed by atoms with van der Waals surface area (Å²) in [5.41, 5.74) is 0. The van der Waals surface area contributed by atoms with Crippen molar-refractivity contribution in [3.63, 3.8) is 0 Å². The van der Waals surface area contributed by atoms with Crippen molar-refractivity contribution in [3.8, 4) is 0 Å². The molecule has 90 valence electrons. The third kappa shape index (κ3) is 9.65. The van der Waals surface area contributed by atoms with Gasteiger partial charge in [0.15, 0.2) is 0 Å². The van der Waals surface area contributed by atoms with Crippen molar-refractivity contribution in [1.29, 1.82) is 0 Å². The highest BCUT2D eigenvalue weighted by atomic mass is 16.5. The van der Waals surface area contributed by atoms with Crippen LogP contribution in [0.25, 0.3) is 0 Å². The van der Waals surface area contributed by atoms with E-state index in [4.69, 9.17) is 9.47 Å². The van der Waals surface area contributed by atoms with Gasteiger partial charge in [0.25, 0.3) is 0 Å². The molecule has 5 nitrogen and oxygen atoms in total. The molecule has 0 spiro atoms. The number of carbonyl (C=O) groups excluding carboxylic acids is 1. The van der Waals surface area contributed by atoms with Crippen LogP contribution in [0, 0.1) is 0 Å². The van der Waals surface area contributed by atoms with E-state index >= 15 is 0 Å².